The molecule has 0 aliphatic rings. The smallest absolute Gasteiger partial charge is 0.340 e. The predicted octanol–water partition coefficient (Wildman–Crippen LogP) is 2.36. The SMILES string of the molecule is COC(=O)c1cc(Cl)c(Cl)cc1N. The zero-order valence-corrected chi connectivity index (χ0v) is 8.32. The molecule has 0 unspecified atom stereocenters. The Bertz CT molecular complexity index is 352. The van der Waals surface area contributed by atoms with Gasteiger partial charge in [-0.15, -0.1) is 0 Å². The van der Waals surface area contributed by atoms with Crippen LogP contribution in [0.15, 0.2) is 12.1 Å². The Kier molecular flexibility index (Phi) is 3.01. The summed E-state index contributed by atoms with van der Waals surface area (Å²) in [5, 5.41) is 0.586. The number of esters is 1. The minimum atomic E-state index is -0.531. The number of carbonyl (C=O) groups is 1. The monoisotopic (exact) mass is 219 g/mol. The standard InChI is InChI=1S/C8H7Cl2NO2/c1-13-8(12)4-2-5(9)6(10)3-7(4)11/h2-3H,11H2,1H3. The lowest BCUT2D eigenvalue weighted by molar-refractivity contribution is 0.0602. The van der Waals surface area contributed by atoms with Crippen LogP contribution in [0, 0.1) is 0 Å². The van der Waals surface area contributed by atoms with E-state index >= 15 is 0 Å². The molecule has 5 heteroatoms. The summed E-state index contributed by atoms with van der Waals surface area (Å²) in [6.07, 6.45) is 0. The third kappa shape index (κ3) is 2.05. The van der Waals surface area contributed by atoms with Crippen molar-refractivity contribution in [3.05, 3.63) is 27.7 Å². The first kappa shape index (κ1) is 10.2. The van der Waals surface area contributed by atoms with E-state index < -0.39 is 5.97 Å². The minimum absolute atomic E-state index is 0.219. The Morgan fingerprint density at radius 3 is 2.46 bits per heavy atom. The maximum Gasteiger partial charge on any atom is 0.340 e. The molecule has 0 aliphatic heterocycles. The molecule has 0 bridgehead atoms. The summed E-state index contributed by atoms with van der Waals surface area (Å²) in [6, 6.07) is 2.79. The van der Waals surface area contributed by atoms with Crippen LogP contribution in [0.25, 0.3) is 0 Å². The summed E-state index contributed by atoms with van der Waals surface area (Å²) in [6.45, 7) is 0. The summed E-state index contributed by atoms with van der Waals surface area (Å²) in [5.41, 5.74) is 5.99. The molecule has 13 heavy (non-hydrogen) atoms. The summed E-state index contributed by atoms with van der Waals surface area (Å²) >= 11 is 11.4. The van der Waals surface area contributed by atoms with Gasteiger partial charge >= 0.3 is 5.97 Å². The molecule has 0 radical (unpaired) electrons. The number of rotatable bonds is 1. The molecule has 3 nitrogen and oxygen atoms in total. The van der Waals surface area contributed by atoms with Gasteiger partial charge in [0.25, 0.3) is 0 Å². The first-order valence-corrected chi connectivity index (χ1v) is 4.14. The number of halogens is 2. The Hall–Kier alpha value is -0.930. The molecule has 0 fully saturated rings. The third-order valence-corrected chi connectivity index (χ3v) is 2.22. The maximum atomic E-state index is 11.1. The average molecular weight is 220 g/mol. The van der Waals surface area contributed by atoms with Gasteiger partial charge in [0, 0.05) is 5.69 Å². The molecular weight excluding hydrogens is 213 g/mol. The average Bonchev–Trinajstić information content (AvgIpc) is 2.10. The highest BCUT2D eigenvalue weighted by Crippen LogP contribution is 2.27. The van der Waals surface area contributed by atoms with Crippen molar-refractivity contribution in [1.29, 1.82) is 0 Å². The number of nitrogens with two attached hydrogens (primary N) is 1. The van der Waals surface area contributed by atoms with Gasteiger partial charge in [-0.05, 0) is 12.1 Å². The van der Waals surface area contributed by atoms with Crippen molar-refractivity contribution in [2.75, 3.05) is 12.8 Å². The maximum absolute atomic E-state index is 11.1. The minimum Gasteiger partial charge on any atom is -0.465 e. The summed E-state index contributed by atoms with van der Waals surface area (Å²) in [4.78, 5) is 11.1. The van der Waals surface area contributed by atoms with E-state index in [1.807, 2.05) is 0 Å². The van der Waals surface area contributed by atoms with Gasteiger partial charge in [-0.25, -0.2) is 4.79 Å². The Balaban J connectivity index is 3.23. The van der Waals surface area contributed by atoms with Gasteiger partial charge in [-0.1, -0.05) is 23.2 Å². The van der Waals surface area contributed by atoms with Crippen molar-refractivity contribution in [1.82, 2.24) is 0 Å². The van der Waals surface area contributed by atoms with Crippen LogP contribution < -0.4 is 5.73 Å². The van der Waals surface area contributed by atoms with Crippen LogP contribution in [0.2, 0.25) is 10.0 Å². The van der Waals surface area contributed by atoms with Crippen molar-refractivity contribution in [2.45, 2.75) is 0 Å². The van der Waals surface area contributed by atoms with Gasteiger partial charge in [-0.2, -0.15) is 0 Å². The molecule has 1 aromatic carbocycles. The molecule has 1 rings (SSSR count). The van der Waals surface area contributed by atoms with Gasteiger partial charge in [0.05, 0.1) is 22.7 Å². The normalized spacial score (nSPS) is 9.77. The van der Waals surface area contributed by atoms with Crippen molar-refractivity contribution in [3.63, 3.8) is 0 Å². The van der Waals surface area contributed by atoms with Crippen LogP contribution in [-0.4, -0.2) is 13.1 Å². The number of nitrogen functional groups attached to an aromatic ring is 1. The van der Waals surface area contributed by atoms with Crippen LogP contribution in [0.5, 0.6) is 0 Å². The van der Waals surface area contributed by atoms with Crippen molar-refractivity contribution in [3.8, 4) is 0 Å². The number of benzene rings is 1. The number of hydrogen-bond donors (Lipinski definition) is 1. The molecule has 0 spiro atoms. The lowest BCUT2D eigenvalue weighted by Crippen LogP contribution is -2.05. The molecule has 70 valence electrons. The summed E-state index contributed by atoms with van der Waals surface area (Å²) < 4.78 is 4.49. The van der Waals surface area contributed by atoms with Gasteiger partial charge in [0.1, 0.15) is 0 Å². The van der Waals surface area contributed by atoms with Gasteiger partial charge < -0.3 is 10.5 Å². The molecule has 0 saturated carbocycles. The third-order valence-electron chi connectivity index (χ3n) is 1.50. The first-order valence-electron chi connectivity index (χ1n) is 3.39. The van der Waals surface area contributed by atoms with Gasteiger partial charge in [0.15, 0.2) is 0 Å². The van der Waals surface area contributed by atoms with E-state index in [0.717, 1.165) is 0 Å². The molecule has 1 aromatic rings. The van der Waals surface area contributed by atoms with E-state index in [1.165, 1.54) is 19.2 Å². The van der Waals surface area contributed by atoms with Crippen LogP contribution >= 0.6 is 23.2 Å². The fraction of sp³-hybridized carbons (Fsp3) is 0.125. The fourth-order valence-corrected chi connectivity index (χ4v) is 1.18. The molecular formula is C8H7Cl2NO2. The second kappa shape index (κ2) is 3.85. The van der Waals surface area contributed by atoms with Crippen molar-refractivity contribution >= 4 is 34.9 Å². The van der Waals surface area contributed by atoms with E-state index in [2.05, 4.69) is 4.74 Å². The first-order chi connectivity index (χ1) is 6.06. The largest absolute Gasteiger partial charge is 0.465 e. The van der Waals surface area contributed by atoms with Gasteiger partial charge in [-0.3, -0.25) is 0 Å². The second-order valence-corrected chi connectivity index (χ2v) is 3.16. The molecule has 0 saturated heterocycles. The molecule has 0 atom stereocenters. The number of carbonyl (C=O) groups excluding carboxylic acids is 1. The predicted molar refractivity (Wildman–Crippen MR) is 52.2 cm³/mol. The van der Waals surface area contributed by atoms with E-state index in [0.29, 0.717) is 5.02 Å². The number of ether oxygens (including phenoxy) is 1. The highest BCUT2D eigenvalue weighted by molar-refractivity contribution is 6.42. The molecule has 0 aliphatic carbocycles. The highest BCUT2D eigenvalue weighted by atomic mass is 35.5. The Morgan fingerprint density at radius 1 is 1.38 bits per heavy atom. The highest BCUT2D eigenvalue weighted by Gasteiger charge is 2.12. The van der Waals surface area contributed by atoms with Crippen molar-refractivity contribution in [2.24, 2.45) is 0 Å². The van der Waals surface area contributed by atoms with Gasteiger partial charge in [0.2, 0.25) is 0 Å². The zero-order valence-electron chi connectivity index (χ0n) is 6.80. The second-order valence-electron chi connectivity index (χ2n) is 2.35. The fourth-order valence-electron chi connectivity index (χ4n) is 0.849. The van der Waals surface area contributed by atoms with Crippen LogP contribution in [0.3, 0.4) is 0 Å². The lowest BCUT2D eigenvalue weighted by atomic mass is 10.2. The Labute approximate surface area is 85.4 Å². The zero-order chi connectivity index (χ0) is 10.0. The molecule has 0 heterocycles. The topological polar surface area (TPSA) is 52.3 Å². The van der Waals surface area contributed by atoms with E-state index in [1.54, 1.807) is 0 Å². The number of anilines is 1. The van der Waals surface area contributed by atoms with E-state index in [4.69, 9.17) is 28.9 Å². The summed E-state index contributed by atoms with van der Waals surface area (Å²) in [5.74, 6) is -0.531. The van der Waals surface area contributed by atoms with Crippen LogP contribution in [0.4, 0.5) is 5.69 Å². The molecule has 2 N–H and O–H groups in total. The van der Waals surface area contributed by atoms with E-state index in [-0.39, 0.29) is 16.3 Å². The number of methoxy groups -OCH3 is 1. The quantitative estimate of drug-likeness (QED) is 0.583. The van der Waals surface area contributed by atoms with Crippen LogP contribution in [-0.2, 0) is 4.74 Å². The molecule has 0 amide bonds. The summed E-state index contributed by atoms with van der Waals surface area (Å²) in [7, 11) is 1.27. The molecule has 0 aromatic heterocycles. The number of hydrogen-bond acceptors (Lipinski definition) is 3. The van der Waals surface area contributed by atoms with Crippen molar-refractivity contribution < 1.29 is 9.53 Å². The van der Waals surface area contributed by atoms with Crippen LogP contribution in [0.1, 0.15) is 10.4 Å². The lowest BCUT2D eigenvalue weighted by Gasteiger charge is -2.04. The Morgan fingerprint density at radius 2 is 1.92 bits per heavy atom. The van der Waals surface area contributed by atoms with E-state index in [9.17, 15) is 4.79 Å².